The fourth-order valence-electron chi connectivity index (χ4n) is 2.01. The number of halogens is 4. The molecule has 0 aliphatic heterocycles. The second-order valence-electron chi connectivity index (χ2n) is 4.76. The van der Waals surface area contributed by atoms with Crippen molar-refractivity contribution in [3.05, 3.63) is 57.6 Å². The Morgan fingerprint density at radius 1 is 1.12 bits per heavy atom. The molecule has 0 aliphatic carbocycles. The lowest BCUT2D eigenvalue weighted by molar-refractivity contribution is -0.386. The maximum Gasteiger partial charge on any atom is 0.573 e. The van der Waals surface area contributed by atoms with Gasteiger partial charge >= 0.3 is 12.0 Å². The quantitative estimate of drug-likeness (QED) is 0.425. The Hall–Kier alpha value is -2.72. The molecule has 11 heteroatoms. The zero-order chi connectivity index (χ0) is 18.1. The van der Waals surface area contributed by atoms with Gasteiger partial charge in [0.1, 0.15) is 5.75 Å². The van der Waals surface area contributed by atoms with E-state index in [1.165, 1.54) is 12.1 Å². The Bertz CT molecular complexity index is 768. The molecule has 2 aromatic rings. The van der Waals surface area contributed by atoms with Gasteiger partial charge in [-0.05, 0) is 29.3 Å². The topological polar surface area (TPSA) is 119 Å². The highest BCUT2D eigenvalue weighted by atomic mass is 35.5. The molecule has 1 atom stereocenters. The number of nitrogens with zero attached hydrogens (tertiary/aromatic N) is 1. The smallest absolute Gasteiger partial charge is 0.504 e. The summed E-state index contributed by atoms with van der Waals surface area (Å²) in [5, 5.41) is 29.8. The van der Waals surface area contributed by atoms with E-state index in [-0.39, 0.29) is 18.0 Å². The highest BCUT2D eigenvalue weighted by Crippen LogP contribution is 2.38. The van der Waals surface area contributed by atoms with Crippen molar-refractivity contribution in [2.24, 2.45) is 5.73 Å². The van der Waals surface area contributed by atoms with Crippen LogP contribution >= 0.6 is 12.4 Å². The fraction of sp³-hybridized carbons (Fsp3) is 0.143. The Kier molecular flexibility index (Phi) is 6.05. The van der Waals surface area contributed by atoms with Crippen molar-refractivity contribution in [2.75, 3.05) is 0 Å². The lowest BCUT2D eigenvalue weighted by Crippen LogP contribution is -2.17. The van der Waals surface area contributed by atoms with Crippen molar-refractivity contribution in [2.45, 2.75) is 12.4 Å². The number of alkyl halides is 3. The average molecular weight is 381 g/mol. The molecule has 0 aliphatic rings. The number of nitro groups is 1. The second-order valence-corrected chi connectivity index (χ2v) is 4.76. The first-order valence-electron chi connectivity index (χ1n) is 6.40. The van der Waals surface area contributed by atoms with Gasteiger partial charge in [-0.3, -0.25) is 10.1 Å². The largest absolute Gasteiger partial charge is 0.573 e. The molecule has 0 heterocycles. The van der Waals surface area contributed by atoms with E-state index in [0.717, 1.165) is 24.3 Å². The van der Waals surface area contributed by atoms with Gasteiger partial charge in [-0.25, -0.2) is 0 Å². The number of nitrogens with two attached hydrogens (primary N) is 1. The molecule has 0 amide bonds. The Morgan fingerprint density at radius 2 is 1.68 bits per heavy atom. The minimum absolute atomic E-state index is 0. The lowest BCUT2D eigenvalue weighted by Gasteiger charge is -2.15. The van der Waals surface area contributed by atoms with Crippen LogP contribution in [0.3, 0.4) is 0 Å². The van der Waals surface area contributed by atoms with E-state index < -0.39 is 40.3 Å². The van der Waals surface area contributed by atoms with Gasteiger partial charge in [-0.2, -0.15) is 0 Å². The van der Waals surface area contributed by atoms with Gasteiger partial charge in [0.2, 0.25) is 5.75 Å². The van der Waals surface area contributed by atoms with Crippen molar-refractivity contribution in [1.29, 1.82) is 0 Å². The van der Waals surface area contributed by atoms with Crippen LogP contribution in [-0.4, -0.2) is 21.5 Å². The predicted molar refractivity (Wildman–Crippen MR) is 82.8 cm³/mol. The fourth-order valence-corrected chi connectivity index (χ4v) is 2.01. The molecule has 0 radical (unpaired) electrons. The molecular formula is C14H12ClF3N2O5. The maximum atomic E-state index is 12.1. The lowest BCUT2D eigenvalue weighted by atomic mass is 9.98. The Balaban J connectivity index is 0.00000312. The van der Waals surface area contributed by atoms with Crippen LogP contribution in [0.4, 0.5) is 18.9 Å². The van der Waals surface area contributed by atoms with Crippen LogP contribution in [-0.2, 0) is 0 Å². The van der Waals surface area contributed by atoms with E-state index in [2.05, 4.69) is 4.74 Å². The van der Waals surface area contributed by atoms with Crippen molar-refractivity contribution < 1.29 is 33.0 Å². The van der Waals surface area contributed by atoms with E-state index in [4.69, 9.17) is 5.73 Å². The number of nitro benzene ring substituents is 1. The molecular weight excluding hydrogens is 369 g/mol. The van der Waals surface area contributed by atoms with Crippen LogP contribution in [0.25, 0.3) is 0 Å². The molecule has 0 saturated heterocycles. The molecule has 0 aromatic heterocycles. The van der Waals surface area contributed by atoms with Crippen LogP contribution in [0, 0.1) is 10.1 Å². The number of hydrogen-bond acceptors (Lipinski definition) is 6. The van der Waals surface area contributed by atoms with E-state index in [9.17, 15) is 33.5 Å². The molecule has 2 aromatic carbocycles. The molecule has 0 bridgehead atoms. The van der Waals surface area contributed by atoms with Gasteiger partial charge in [0.25, 0.3) is 0 Å². The summed E-state index contributed by atoms with van der Waals surface area (Å²) >= 11 is 0. The summed E-state index contributed by atoms with van der Waals surface area (Å²) in [5.41, 5.74) is 5.59. The standard InChI is InChI=1S/C14H11F3N2O5.ClH/c15-14(16,17)24-9-3-1-7(2-4-9)12(18)8-5-10(19(22)23)13(21)11(20)6-8;/h1-6,12,20-21H,18H2;1H/t12-;/m1./s1. The summed E-state index contributed by atoms with van der Waals surface area (Å²) in [5.74, 6) is -2.07. The molecule has 136 valence electrons. The predicted octanol–water partition coefficient (Wildman–Crippen LogP) is 3.37. The molecule has 0 saturated carbocycles. The summed E-state index contributed by atoms with van der Waals surface area (Å²) in [7, 11) is 0. The van der Waals surface area contributed by atoms with Gasteiger partial charge < -0.3 is 20.7 Å². The van der Waals surface area contributed by atoms with E-state index >= 15 is 0 Å². The first-order chi connectivity index (χ1) is 11.1. The summed E-state index contributed by atoms with van der Waals surface area (Å²) in [4.78, 5) is 9.94. The van der Waals surface area contributed by atoms with Crippen LogP contribution in [0.1, 0.15) is 17.2 Å². The summed E-state index contributed by atoms with van der Waals surface area (Å²) in [6.45, 7) is 0. The third-order valence-corrected chi connectivity index (χ3v) is 3.12. The number of benzene rings is 2. The number of aromatic hydroxyl groups is 2. The van der Waals surface area contributed by atoms with E-state index in [1.807, 2.05) is 0 Å². The number of rotatable bonds is 4. The highest BCUT2D eigenvalue weighted by molar-refractivity contribution is 5.85. The molecule has 2 rings (SSSR count). The summed E-state index contributed by atoms with van der Waals surface area (Å²) in [6, 6.07) is 5.61. The number of ether oxygens (including phenoxy) is 1. The summed E-state index contributed by atoms with van der Waals surface area (Å²) < 4.78 is 40.0. The van der Waals surface area contributed by atoms with Crippen molar-refractivity contribution in [3.8, 4) is 17.2 Å². The van der Waals surface area contributed by atoms with Gasteiger partial charge in [-0.15, -0.1) is 25.6 Å². The number of phenols is 2. The highest BCUT2D eigenvalue weighted by Gasteiger charge is 2.31. The van der Waals surface area contributed by atoms with Crippen LogP contribution in [0.2, 0.25) is 0 Å². The molecule has 0 unspecified atom stereocenters. The minimum atomic E-state index is -4.83. The third kappa shape index (κ3) is 4.88. The zero-order valence-corrected chi connectivity index (χ0v) is 13.0. The first kappa shape index (κ1) is 20.3. The molecule has 25 heavy (non-hydrogen) atoms. The molecule has 0 fully saturated rings. The van der Waals surface area contributed by atoms with Crippen molar-refractivity contribution in [1.82, 2.24) is 0 Å². The number of hydrogen-bond donors (Lipinski definition) is 3. The summed E-state index contributed by atoms with van der Waals surface area (Å²) in [6.07, 6.45) is -4.83. The van der Waals surface area contributed by atoms with Crippen LogP contribution in [0.15, 0.2) is 36.4 Å². The van der Waals surface area contributed by atoms with E-state index in [1.54, 1.807) is 0 Å². The van der Waals surface area contributed by atoms with Gasteiger partial charge in [0, 0.05) is 6.07 Å². The Morgan fingerprint density at radius 3 is 2.16 bits per heavy atom. The van der Waals surface area contributed by atoms with Crippen molar-refractivity contribution >= 4 is 18.1 Å². The molecule has 7 nitrogen and oxygen atoms in total. The average Bonchev–Trinajstić information content (AvgIpc) is 2.48. The first-order valence-corrected chi connectivity index (χ1v) is 6.40. The monoisotopic (exact) mass is 380 g/mol. The van der Waals surface area contributed by atoms with Gasteiger partial charge in [-0.1, -0.05) is 12.1 Å². The second kappa shape index (κ2) is 7.45. The van der Waals surface area contributed by atoms with Crippen LogP contribution < -0.4 is 10.5 Å². The van der Waals surface area contributed by atoms with Crippen molar-refractivity contribution in [3.63, 3.8) is 0 Å². The van der Waals surface area contributed by atoms with Crippen LogP contribution in [0.5, 0.6) is 17.2 Å². The minimum Gasteiger partial charge on any atom is -0.504 e. The molecule has 0 spiro atoms. The third-order valence-electron chi connectivity index (χ3n) is 3.12. The van der Waals surface area contributed by atoms with Gasteiger partial charge in [0.15, 0.2) is 5.75 Å². The number of phenolic OH excluding ortho intramolecular Hbond substituents is 2. The van der Waals surface area contributed by atoms with Gasteiger partial charge in [0.05, 0.1) is 11.0 Å². The SMILES string of the molecule is Cl.N[C@H](c1ccc(OC(F)(F)F)cc1)c1cc(O)c(O)c([N+](=O)[O-])c1. The molecule has 4 N–H and O–H groups in total. The maximum absolute atomic E-state index is 12.1. The normalized spacial score (nSPS) is 12.2. The van der Waals surface area contributed by atoms with E-state index in [0.29, 0.717) is 5.56 Å². The zero-order valence-electron chi connectivity index (χ0n) is 12.2. The Labute approximate surface area is 145 Å².